The van der Waals surface area contributed by atoms with Gasteiger partial charge in [0.25, 0.3) is 0 Å². The van der Waals surface area contributed by atoms with E-state index in [0.29, 0.717) is 11.8 Å². The van der Waals surface area contributed by atoms with Crippen LogP contribution in [0.1, 0.15) is 29.3 Å². The van der Waals surface area contributed by atoms with Crippen LogP contribution < -0.4 is 4.90 Å². The van der Waals surface area contributed by atoms with Crippen LogP contribution in [0.4, 0.5) is 5.82 Å². The van der Waals surface area contributed by atoms with E-state index >= 15 is 0 Å². The molecule has 3 aromatic heterocycles. The van der Waals surface area contributed by atoms with Crippen molar-refractivity contribution in [3.8, 4) is 0 Å². The van der Waals surface area contributed by atoms with Crippen LogP contribution in [0.15, 0.2) is 19.0 Å². The summed E-state index contributed by atoms with van der Waals surface area (Å²) < 4.78 is 1.82. The predicted octanol–water partition coefficient (Wildman–Crippen LogP) is 2.35. The summed E-state index contributed by atoms with van der Waals surface area (Å²) in [7, 11) is 0. The van der Waals surface area contributed by atoms with E-state index in [4.69, 9.17) is 0 Å². The fourth-order valence-electron chi connectivity index (χ4n) is 4.66. The van der Waals surface area contributed by atoms with Crippen molar-refractivity contribution in [3.05, 3.63) is 29.4 Å². The second-order valence-corrected chi connectivity index (χ2v) is 8.77. The van der Waals surface area contributed by atoms with Crippen LogP contribution in [0.5, 0.6) is 0 Å². The zero-order valence-electron chi connectivity index (χ0n) is 14.9. The number of hydrogen-bond donors (Lipinski definition) is 1. The van der Waals surface area contributed by atoms with Crippen LogP contribution in [0, 0.1) is 25.7 Å². The quantitative estimate of drug-likeness (QED) is 0.746. The van der Waals surface area contributed by atoms with E-state index in [1.54, 1.807) is 30.3 Å². The first kappa shape index (κ1) is 16.1. The zero-order valence-corrected chi connectivity index (χ0v) is 15.7. The molecule has 5 rings (SSSR count). The van der Waals surface area contributed by atoms with Gasteiger partial charge in [0.05, 0.1) is 17.5 Å². The lowest BCUT2D eigenvalue weighted by Crippen LogP contribution is -2.36. The molecule has 0 radical (unpaired) electrons. The molecular formula is C18H22N6OS. The lowest BCUT2D eigenvalue weighted by Gasteiger charge is -2.34. The molecule has 1 saturated carbocycles. The highest BCUT2D eigenvalue weighted by Crippen LogP contribution is 2.44. The number of thiophene rings is 1. The first-order valence-corrected chi connectivity index (χ1v) is 9.91. The number of nitrogens with zero attached hydrogens (tertiary/aromatic N) is 6. The van der Waals surface area contributed by atoms with Crippen LogP contribution in [0.25, 0.3) is 10.2 Å². The normalized spacial score (nSPS) is 28.7. The number of hydrogen-bond acceptors (Lipinski definition) is 7. The molecule has 2 fully saturated rings. The number of aromatic nitrogens is 5. The molecule has 26 heavy (non-hydrogen) atoms. The van der Waals surface area contributed by atoms with Gasteiger partial charge < -0.3 is 10.0 Å². The average molecular weight is 370 g/mol. The van der Waals surface area contributed by atoms with E-state index in [1.807, 2.05) is 4.68 Å². The number of aliphatic hydroxyl groups excluding tert-OH is 1. The van der Waals surface area contributed by atoms with Crippen molar-refractivity contribution >= 4 is 27.4 Å². The molecule has 1 saturated heterocycles. The minimum Gasteiger partial charge on any atom is -0.391 e. The Kier molecular flexibility index (Phi) is 3.72. The summed E-state index contributed by atoms with van der Waals surface area (Å²) in [5.74, 6) is 2.09. The highest BCUT2D eigenvalue weighted by Gasteiger charge is 2.43. The third-order valence-electron chi connectivity index (χ3n) is 6.13. The van der Waals surface area contributed by atoms with Gasteiger partial charge in [0.2, 0.25) is 0 Å². The van der Waals surface area contributed by atoms with Gasteiger partial charge >= 0.3 is 0 Å². The molecule has 1 N–H and O–H groups in total. The number of aliphatic hydroxyl groups is 1. The second-order valence-electron chi connectivity index (χ2n) is 7.57. The molecule has 0 amide bonds. The average Bonchev–Trinajstić information content (AvgIpc) is 3.34. The van der Waals surface area contributed by atoms with Crippen LogP contribution >= 0.6 is 11.3 Å². The molecule has 1 aliphatic heterocycles. The van der Waals surface area contributed by atoms with E-state index in [0.717, 1.165) is 36.6 Å². The minimum atomic E-state index is -0.367. The van der Waals surface area contributed by atoms with Crippen molar-refractivity contribution in [1.82, 2.24) is 24.7 Å². The third-order valence-corrected chi connectivity index (χ3v) is 7.25. The summed E-state index contributed by atoms with van der Waals surface area (Å²) in [6, 6.07) is 0.0225. The van der Waals surface area contributed by atoms with Gasteiger partial charge in [0.15, 0.2) is 0 Å². The molecule has 2 aliphatic rings. The maximum atomic E-state index is 10.6. The maximum Gasteiger partial charge on any atom is 0.141 e. The van der Waals surface area contributed by atoms with Crippen molar-refractivity contribution in [2.24, 2.45) is 11.8 Å². The van der Waals surface area contributed by atoms with Crippen molar-refractivity contribution in [1.29, 1.82) is 0 Å². The summed E-state index contributed by atoms with van der Waals surface area (Å²) in [5.41, 5.74) is 1.29. The Morgan fingerprint density at radius 3 is 2.69 bits per heavy atom. The summed E-state index contributed by atoms with van der Waals surface area (Å²) in [5, 5.41) is 16.1. The van der Waals surface area contributed by atoms with Gasteiger partial charge in [-0.15, -0.1) is 11.3 Å². The van der Waals surface area contributed by atoms with Crippen molar-refractivity contribution in [2.75, 3.05) is 18.0 Å². The summed E-state index contributed by atoms with van der Waals surface area (Å²) in [4.78, 5) is 17.9. The molecule has 4 atom stereocenters. The van der Waals surface area contributed by atoms with Gasteiger partial charge in [-0.25, -0.2) is 19.6 Å². The Balaban J connectivity index is 1.45. The molecule has 3 aromatic rings. The van der Waals surface area contributed by atoms with Gasteiger partial charge in [-0.2, -0.15) is 5.10 Å². The van der Waals surface area contributed by atoms with Crippen molar-refractivity contribution in [3.63, 3.8) is 0 Å². The molecule has 0 unspecified atom stereocenters. The molecule has 0 aromatic carbocycles. The minimum absolute atomic E-state index is 0.0225. The van der Waals surface area contributed by atoms with Gasteiger partial charge in [-0.05, 0) is 44.1 Å². The van der Waals surface area contributed by atoms with Gasteiger partial charge in [-0.3, -0.25) is 0 Å². The lowest BCUT2D eigenvalue weighted by molar-refractivity contribution is 0.0305. The largest absolute Gasteiger partial charge is 0.391 e. The Morgan fingerprint density at radius 2 is 1.92 bits per heavy atom. The fourth-order valence-corrected chi connectivity index (χ4v) is 5.65. The summed E-state index contributed by atoms with van der Waals surface area (Å²) in [6.07, 6.45) is 6.31. The number of fused-ring (bicyclic) bond motifs is 2. The summed E-state index contributed by atoms with van der Waals surface area (Å²) in [6.45, 7) is 6.23. The molecule has 4 heterocycles. The molecular weight excluding hydrogens is 348 g/mol. The first-order valence-electron chi connectivity index (χ1n) is 9.09. The first-order chi connectivity index (χ1) is 12.6. The Hall–Kier alpha value is -2.06. The Morgan fingerprint density at radius 1 is 1.12 bits per heavy atom. The second kappa shape index (κ2) is 5.99. The standard InChI is InChI=1S/C18H22N6OS/c1-10-11(2)26-18-16(10)17(20-8-21-18)23-5-12-3-14(24-9-19-7-22-24)15(25)4-13(12)6-23/h7-9,12-15,25H,3-6H2,1-2H3/t12-,13+,14-,15-/m1/s1. The van der Waals surface area contributed by atoms with Crippen LogP contribution in [0.2, 0.25) is 0 Å². The Bertz CT molecular complexity index is 939. The topological polar surface area (TPSA) is 80.0 Å². The maximum absolute atomic E-state index is 10.6. The van der Waals surface area contributed by atoms with E-state index in [-0.39, 0.29) is 12.1 Å². The van der Waals surface area contributed by atoms with Gasteiger partial charge in [-0.1, -0.05) is 0 Å². The van der Waals surface area contributed by atoms with E-state index in [2.05, 4.69) is 38.8 Å². The molecule has 0 spiro atoms. The zero-order chi connectivity index (χ0) is 17.8. The lowest BCUT2D eigenvalue weighted by atomic mass is 9.77. The molecule has 0 bridgehead atoms. The number of rotatable bonds is 2. The van der Waals surface area contributed by atoms with Gasteiger partial charge in [0.1, 0.15) is 29.6 Å². The molecule has 7 nitrogen and oxygen atoms in total. The number of anilines is 1. The number of aryl methyl sites for hydroxylation is 2. The monoisotopic (exact) mass is 370 g/mol. The van der Waals surface area contributed by atoms with Crippen molar-refractivity contribution < 1.29 is 5.11 Å². The summed E-state index contributed by atoms with van der Waals surface area (Å²) >= 11 is 1.74. The fraction of sp³-hybridized carbons (Fsp3) is 0.556. The molecule has 136 valence electrons. The van der Waals surface area contributed by atoms with Crippen LogP contribution in [0.3, 0.4) is 0 Å². The highest BCUT2D eigenvalue weighted by atomic mass is 32.1. The predicted molar refractivity (Wildman–Crippen MR) is 100 cm³/mol. The third kappa shape index (κ3) is 2.43. The van der Waals surface area contributed by atoms with Gasteiger partial charge in [0, 0.05) is 18.0 Å². The molecule has 8 heteroatoms. The smallest absolute Gasteiger partial charge is 0.141 e. The molecule has 1 aliphatic carbocycles. The highest BCUT2D eigenvalue weighted by molar-refractivity contribution is 7.18. The van der Waals surface area contributed by atoms with E-state index < -0.39 is 0 Å². The Labute approximate surface area is 155 Å². The van der Waals surface area contributed by atoms with Crippen LogP contribution in [-0.4, -0.2) is 49.0 Å². The van der Waals surface area contributed by atoms with E-state index in [9.17, 15) is 5.11 Å². The SMILES string of the molecule is Cc1sc2ncnc(N3C[C@H]4C[C@@H](n5cncn5)[C@H](O)C[C@H]4C3)c2c1C. The van der Waals surface area contributed by atoms with Crippen molar-refractivity contribution in [2.45, 2.75) is 38.8 Å². The van der Waals surface area contributed by atoms with E-state index in [1.165, 1.54) is 15.8 Å². The van der Waals surface area contributed by atoms with Crippen LogP contribution in [-0.2, 0) is 0 Å².